The molecule has 0 spiro atoms. The fraction of sp³-hybridized carbons (Fsp3) is 0.0714. The van der Waals surface area contributed by atoms with Crippen LogP contribution in [0.2, 0.25) is 0 Å². The number of hydrogen-bond donors (Lipinski definition) is 1. The van der Waals surface area contributed by atoms with Crippen molar-refractivity contribution in [3.63, 3.8) is 0 Å². The number of anilines is 1. The number of hydrogen-bond acceptors (Lipinski definition) is 5. The Morgan fingerprint density at radius 2 is 1.79 bits per heavy atom. The number of aryl methyl sites for hydroxylation is 1. The predicted molar refractivity (Wildman–Crippen MR) is 72.1 cm³/mol. The molecule has 0 amide bonds. The van der Waals surface area contributed by atoms with Gasteiger partial charge >= 0.3 is 0 Å². The minimum atomic E-state index is 0.275. The highest BCUT2D eigenvalue weighted by molar-refractivity contribution is 5.86. The molecule has 0 unspecified atom stereocenters. The highest BCUT2D eigenvalue weighted by Gasteiger charge is 2.20. The molecule has 3 rings (SSSR count). The maximum atomic E-state index is 5.89. The first kappa shape index (κ1) is 11.4. The molecule has 3 aromatic rings. The van der Waals surface area contributed by atoms with Gasteiger partial charge in [0.15, 0.2) is 11.5 Å². The van der Waals surface area contributed by atoms with Gasteiger partial charge in [0, 0.05) is 12.4 Å². The van der Waals surface area contributed by atoms with E-state index in [-0.39, 0.29) is 5.88 Å². The van der Waals surface area contributed by atoms with Crippen LogP contribution in [0.4, 0.5) is 5.88 Å². The maximum Gasteiger partial charge on any atom is 0.230 e. The van der Waals surface area contributed by atoms with E-state index in [4.69, 9.17) is 10.3 Å². The van der Waals surface area contributed by atoms with Crippen LogP contribution in [0.3, 0.4) is 0 Å². The van der Waals surface area contributed by atoms with E-state index in [0.29, 0.717) is 11.5 Å². The minimum absolute atomic E-state index is 0.275. The van der Waals surface area contributed by atoms with Gasteiger partial charge in [-0.1, -0.05) is 29.4 Å². The first-order valence-corrected chi connectivity index (χ1v) is 5.86. The Morgan fingerprint density at radius 3 is 2.53 bits per heavy atom. The summed E-state index contributed by atoms with van der Waals surface area (Å²) in [7, 11) is 0. The molecule has 0 bridgehead atoms. The average molecular weight is 252 g/mol. The number of nitrogens with zero attached hydrogens (tertiary/aromatic N) is 3. The van der Waals surface area contributed by atoms with Gasteiger partial charge in [-0.25, -0.2) is 9.97 Å². The molecule has 2 heterocycles. The molecular formula is C14H12N4O. The molecule has 5 nitrogen and oxygen atoms in total. The minimum Gasteiger partial charge on any atom is -0.367 e. The second-order valence-electron chi connectivity index (χ2n) is 4.16. The molecule has 5 heteroatoms. The molecule has 19 heavy (non-hydrogen) atoms. The third-order valence-corrected chi connectivity index (χ3v) is 2.91. The van der Waals surface area contributed by atoms with Crippen LogP contribution in [-0.4, -0.2) is 15.1 Å². The summed E-state index contributed by atoms with van der Waals surface area (Å²) in [5.74, 6) is 0.776. The fourth-order valence-electron chi connectivity index (χ4n) is 1.99. The second-order valence-corrected chi connectivity index (χ2v) is 4.16. The van der Waals surface area contributed by atoms with E-state index in [1.54, 1.807) is 18.5 Å². The van der Waals surface area contributed by atoms with Gasteiger partial charge in [0.1, 0.15) is 0 Å². The van der Waals surface area contributed by atoms with Crippen LogP contribution < -0.4 is 5.73 Å². The van der Waals surface area contributed by atoms with Crippen LogP contribution in [0.5, 0.6) is 0 Å². The highest BCUT2D eigenvalue weighted by Crippen LogP contribution is 2.36. The number of nitrogens with two attached hydrogens (primary N) is 1. The van der Waals surface area contributed by atoms with E-state index in [9.17, 15) is 0 Å². The van der Waals surface area contributed by atoms with Crippen molar-refractivity contribution in [2.24, 2.45) is 0 Å². The summed E-state index contributed by atoms with van der Waals surface area (Å²) in [6.07, 6.45) is 3.32. The number of aromatic nitrogens is 3. The van der Waals surface area contributed by atoms with E-state index in [1.807, 2.05) is 31.2 Å². The lowest BCUT2D eigenvalue weighted by atomic mass is 10.0. The molecule has 0 aliphatic carbocycles. The predicted octanol–water partition coefficient (Wildman–Crippen LogP) is 2.69. The third-order valence-electron chi connectivity index (χ3n) is 2.91. The van der Waals surface area contributed by atoms with Gasteiger partial charge in [-0.15, -0.1) is 0 Å². The van der Waals surface area contributed by atoms with Crippen LogP contribution >= 0.6 is 0 Å². The Bertz CT molecular complexity index is 706. The van der Waals surface area contributed by atoms with Gasteiger partial charge < -0.3 is 10.3 Å². The fourth-order valence-corrected chi connectivity index (χ4v) is 1.99. The Balaban J connectivity index is 2.23. The average Bonchev–Trinajstić information content (AvgIpc) is 2.82. The van der Waals surface area contributed by atoms with Crippen LogP contribution in [-0.2, 0) is 0 Å². The van der Waals surface area contributed by atoms with Crippen LogP contribution in [0.15, 0.2) is 47.2 Å². The van der Waals surface area contributed by atoms with E-state index >= 15 is 0 Å². The van der Waals surface area contributed by atoms with Gasteiger partial charge in [-0.2, -0.15) is 0 Å². The zero-order chi connectivity index (χ0) is 13.2. The van der Waals surface area contributed by atoms with Gasteiger partial charge in [-0.05, 0) is 24.1 Å². The van der Waals surface area contributed by atoms with E-state index in [1.165, 1.54) is 0 Å². The monoisotopic (exact) mass is 252 g/mol. The molecule has 1 aromatic carbocycles. The van der Waals surface area contributed by atoms with E-state index in [2.05, 4.69) is 15.1 Å². The molecule has 0 fully saturated rings. The molecule has 0 radical (unpaired) electrons. The van der Waals surface area contributed by atoms with Crippen molar-refractivity contribution in [3.8, 4) is 22.6 Å². The summed E-state index contributed by atoms with van der Waals surface area (Å²) < 4.78 is 5.11. The van der Waals surface area contributed by atoms with Crippen molar-refractivity contribution in [2.45, 2.75) is 6.92 Å². The molecule has 2 N–H and O–H groups in total. The quantitative estimate of drug-likeness (QED) is 0.758. The summed E-state index contributed by atoms with van der Waals surface area (Å²) in [5, 5.41) is 3.98. The largest absolute Gasteiger partial charge is 0.367 e. The van der Waals surface area contributed by atoms with Crippen molar-refractivity contribution in [2.75, 3.05) is 5.73 Å². The molecule has 0 aliphatic rings. The molecule has 0 aliphatic heterocycles. The molecule has 0 saturated carbocycles. The number of rotatable bonds is 2. The molecule has 2 aromatic heterocycles. The SMILES string of the molecule is Cc1ccccc1-c1c(-c2ncccn2)noc1N. The molecule has 0 saturated heterocycles. The van der Waals surface area contributed by atoms with Gasteiger partial charge in [-0.3, -0.25) is 0 Å². The van der Waals surface area contributed by atoms with E-state index < -0.39 is 0 Å². The maximum absolute atomic E-state index is 5.89. The normalized spacial score (nSPS) is 10.6. The van der Waals surface area contributed by atoms with Crippen molar-refractivity contribution in [3.05, 3.63) is 48.3 Å². The lowest BCUT2D eigenvalue weighted by Crippen LogP contribution is -1.93. The third kappa shape index (κ3) is 1.95. The zero-order valence-electron chi connectivity index (χ0n) is 10.4. The molecular weight excluding hydrogens is 240 g/mol. The van der Waals surface area contributed by atoms with E-state index in [0.717, 1.165) is 16.7 Å². The van der Waals surface area contributed by atoms with Gasteiger partial charge in [0.05, 0.1) is 5.56 Å². The van der Waals surface area contributed by atoms with Crippen molar-refractivity contribution >= 4 is 5.88 Å². The van der Waals surface area contributed by atoms with Crippen molar-refractivity contribution in [1.82, 2.24) is 15.1 Å². The molecule has 94 valence electrons. The molecule has 0 atom stereocenters. The Labute approximate surface area is 110 Å². The first-order chi connectivity index (χ1) is 9.27. The Hall–Kier alpha value is -2.69. The number of benzene rings is 1. The Morgan fingerprint density at radius 1 is 1.05 bits per heavy atom. The number of nitrogen functional groups attached to an aromatic ring is 1. The Kier molecular flexibility index (Phi) is 2.72. The van der Waals surface area contributed by atoms with Crippen molar-refractivity contribution in [1.29, 1.82) is 0 Å². The smallest absolute Gasteiger partial charge is 0.230 e. The first-order valence-electron chi connectivity index (χ1n) is 5.86. The summed E-state index contributed by atoms with van der Waals surface area (Å²) in [4.78, 5) is 8.38. The van der Waals surface area contributed by atoms with Crippen molar-refractivity contribution < 1.29 is 4.52 Å². The van der Waals surface area contributed by atoms with Crippen LogP contribution in [0, 0.1) is 6.92 Å². The second kappa shape index (κ2) is 4.53. The standard InChI is InChI=1S/C14H12N4O/c1-9-5-2-3-6-10(9)11-12(18-19-13(11)15)14-16-7-4-8-17-14/h2-8H,15H2,1H3. The summed E-state index contributed by atoms with van der Waals surface area (Å²) in [6, 6.07) is 9.66. The van der Waals surface area contributed by atoms with Gasteiger partial charge in [0.25, 0.3) is 0 Å². The topological polar surface area (TPSA) is 77.8 Å². The van der Waals surface area contributed by atoms with Crippen LogP contribution in [0.1, 0.15) is 5.56 Å². The summed E-state index contributed by atoms with van der Waals surface area (Å²) in [6.45, 7) is 2.01. The van der Waals surface area contributed by atoms with Crippen LogP contribution in [0.25, 0.3) is 22.6 Å². The summed E-state index contributed by atoms with van der Waals surface area (Å²) >= 11 is 0. The zero-order valence-corrected chi connectivity index (χ0v) is 10.4. The lowest BCUT2D eigenvalue weighted by molar-refractivity contribution is 0.439. The lowest BCUT2D eigenvalue weighted by Gasteiger charge is -2.05. The summed E-state index contributed by atoms with van der Waals surface area (Å²) in [5.41, 5.74) is 9.27. The van der Waals surface area contributed by atoms with Gasteiger partial charge in [0.2, 0.25) is 5.88 Å². The highest BCUT2D eigenvalue weighted by atomic mass is 16.5.